The Kier molecular flexibility index (Phi) is 6.93. The van der Waals surface area contributed by atoms with Crippen molar-refractivity contribution in [1.82, 2.24) is 4.90 Å². The number of hydrogen-bond acceptors (Lipinski definition) is 7. The highest BCUT2D eigenvalue weighted by atomic mass is 35.5. The Bertz CT molecular complexity index is 1450. The van der Waals surface area contributed by atoms with Gasteiger partial charge in [-0.05, 0) is 60.5 Å². The van der Waals surface area contributed by atoms with E-state index in [2.05, 4.69) is 4.90 Å². The zero-order chi connectivity index (χ0) is 25.1. The minimum atomic E-state index is -0.397. The summed E-state index contributed by atoms with van der Waals surface area (Å²) >= 11 is 5.99. The molecule has 0 N–H and O–H groups in total. The van der Waals surface area contributed by atoms with Crippen LogP contribution in [0.1, 0.15) is 34.8 Å². The molecule has 0 aliphatic carbocycles. The van der Waals surface area contributed by atoms with E-state index in [0.717, 1.165) is 17.5 Å². The van der Waals surface area contributed by atoms with Crippen LogP contribution >= 0.6 is 11.6 Å². The van der Waals surface area contributed by atoms with E-state index < -0.39 is 5.97 Å². The molecular formula is C28H24ClNO6. The lowest BCUT2D eigenvalue weighted by Crippen LogP contribution is -2.31. The number of carbonyl (C=O) groups is 1. The van der Waals surface area contributed by atoms with Crippen LogP contribution in [0.2, 0.25) is 5.02 Å². The van der Waals surface area contributed by atoms with Crippen LogP contribution in [0.4, 0.5) is 0 Å². The second-order valence-corrected chi connectivity index (χ2v) is 8.93. The summed E-state index contributed by atoms with van der Waals surface area (Å²) < 4.78 is 22.7. The fraction of sp³-hybridized carbons (Fsp3) is 0.214. The first-order chi connectivity index (χ1) is 17.5. The average Bonchev–Trinajstić information content (AvgIpc) is 2.90. The molecule has 36 heavy (non-hydrogen) atoms. The molecule has 0 radical (unpaired) electrons. The van der Waals surface area contributed by atoms with E-state index in [9.17, 15) is 9.59 Å². The first-order valence-electron chi connectivity index (χ1n) is 11.6. The Hall–Kier alpha value is -3.81. The lowest BCUT2D eigenvalue weighted by Gasteiger charge is -2.29. The molecule has 5 rings (SSSR count). The van der Waals surface area contributed by atoms with Crippen LogP contribution in [-0.4, -0.2) is 24.2 Å². The minimum absolute atomic E-state index is 0.0542. The highest BCUT2D eigenvalue weighted by Crippen LogP contribution is 2.33. The van der Waals surface area contributed by atoms with Gasteiger partial charge in [0, 0.05) is 18.1 Å². The molecule has 184 valence electrons. The summed E-state index contributed by atoms with van der Waals surface area (Å²) in [6, 6.07) is 17.6. The molecule has 3 aromatic carbocycles. The van der Waals surface area contributed by atoms with Crippen molar-refractivity contribution in [3.63, 3.8) is 0 Å². The highest BCUT2D eigenvalue weighted by molar-refractivity contribution is 6.30. The minimum Gasteiger partial charge on any atom is -0.478 e. The van der Waals surface area contributed by atoms with Crippen LogP contribution in [0.5, 0.6) is 17.2 Å². The van der Waals surface area contributed by atoms with Crippen molar-refractivity contribution in [2.75, 3.05) is 13.3 Å². The zero-order valence-corrected chi connectivity index (χ0v) is 20.4. The van der Waals surface area contributed by atoms with E-state index in [-0.39, 0.29) is 11.2 Å². The Morgan fingerprint density at radius 3 is 2.58 bits per heavy atom. The van der Waals surface area contributed by atoms with Gasteiger partial charge in [0.15, 0.2) is 0 Å². The molecule has 2 heterocycles. The molecule has 1 aromatic heterocycles. The van der Waals surface area contributed by atoms with Gasteiger partial charge in [0.25, 0.3) is 0 Å². The number of nitrogens with zero attached hydrogens (tertiary/aromatic N) is 1. The van der Waals surface area contributed by atoms with Crippen LogP contribution in [-0.2, 0) is 17.8 Å². The van der Waals surface area contributed by atoms with Gasteiger partial charge in [-0.1, -0.05) is 30.7 Å². The van der Waals surface area contributed by atoms with Gasteiger partial charge < -0.3 is 18.6 Å². The van der Waals surface area contributed by atoms with Gasteiger partial charge in [-0.2, -0.15) is 0 Å². The predicted octanol–water partition coefficient (Wildman–Crippen LogP) is 6.16. The summed E-state index contributed by atoms with van der Waals surface area (Å²) in [7, 11) is 0. The summed E-state index contributed by atoms with van der Waals surface area (Å²) in [5, 5.41) is 1.10. The Labute approximate surface area is 212 Å². The van der Waals surface area contributed by atoms with Crippen LogP contribution in [0.15, 0.2) is 76.1 Å². The van der Waals surface area contributed by atoms with Crippen molar-refractivity contribution in [1.29, 1.82) is 0 Å². The third kappa shape index (κ3) is 5.08. The van der Waals surface area contributed by atoms with Gasteiger partial charge >= 0.3 is 5.97 Å². The van der Waals surface area contributed by atoms with Gasteiger partial charge in [0.2, 0.25) is 11.2 Å². The molecule has 7 nitrogen and oxygen atoms in total. The predicted molar refractivity (Wildman–Crippen MR) is 136 cm³/mol. The number of ether oxygens (including phenoxy) is 3. The maximum Gasteiger partial charge on any atom is 0.338 e. The molecule has 0 saturated carbocycles. The van der Waals surface area contributed by atoms with Crippen molar-refractivity contribution in [2.24, 2.45) is 0 Å². The van der Waals surface area contributed by atoms with Gasteiger partial charge in [-0.15, -0.1) is 0 Å². The van der Waals surface area contributed by atoms with Gasteiger partial charge in [-0.25, -0.2) is 4.79 Å². The quantitative estimate of drug-likeness (QED) is 0.278. The number of fused-ring (bicyclic) bond motifs is 3. The summed E-state index contributed by atoms with van der Waals surface area (Å²) in [6.45, 7) is 3.95. The van der Waals surface area contributed by atoms with E-state index in [0.29, 0.717) is 59.5 Å². The Morgan fingerprint density at radius 2 is 1.83 bits per heavy atom. The molecule has 0 atom stereocenters. The van der Waals surface area contributed by atoms with E-state index in [4.69, 9.17) is 30.2 Å². The smallest absolute Gasteiger partial charge is 0.338 e. The summed E-state index contributed by atoms with van der Waals surface area (Å²) in [5.74, 6) is 0.755. The lowest BCUT2D eigenvalue weighted by molar-refractivity contribution is 0.0505. The second-order valence-electron chi connectivity index (χ2n) is 8.50. The standard InChI is InChI=1S/C28H24ClNO6/c1-2-13-33-28(32)19-5-9-21(10-6-19)36-25-16-34-27-22(26(25)31)11-12-24-23(27)15-30(17-35-24)14-18-3-7-20(29)8-4-18/h3-12,16H,2,13-15,17H2,1H3. The van der Waals surface area contributed by atoms with E-state index in [1.165, 1.54) is 6.26 Å². The number of halogens is 1. The number of esters is 1. The summed E-state index contributed by atoms with van der Waals surface area (Å²) in [5.41, 5.74) is 2.51. The molecule has 4 aromatic rings. The third-order valence-electron chi connectivity index (χ3n) is 5.83. The largest absolute Gasteiger partial charge is 0.478 e. The van der Waals surface area contributed by atoms with Gasteiger partial charge in [0.1, 0.15) is 30.1 Å². The van der Waals surface area contributed by atoms with Crippen LogP contribution in [0.3, 0.4) is 0 Å². The third-order valence-corrected chi connectivity index (χ3v) is 6.08. The number of hydrogen-bond donors (Lipinski definition) is 0. The van der Waals surface area contributed by atoms with Crippen molar-refractivity contribution in [2.45, 2.75) is 26.4 Å². The zero-order valence-electron chi connectivity index (χ0n) is 19.7. The van der Waals surface area contributed by atoms with Crippen molar-refractivity contribution in [3.05, 3.63) is 98.9 Å². The molecule has 0 bridgehead atoms. The Morgan fingerprint density at radius 1 is 1.06 bits per heavy atom. The normalized spacial score (nSPS) is 13.2. The molecule has 0 saturated heterocycles. The fourth-order valence-corrected chi connectivity index (χ4v) is 4.15. The van der Waals surface area contributed by atoms with Crippen molar-refractivity contribution < 1.29 is 23.4 Å². The fourth-order valence-electron chi connectivity index (χ4n) is 4.02. The average molecular weight is 506 g/mol. The van der Waals surface area contributed by atoms with E-state index >= 15 is 0 Å². The molecule has 1 aliphatic heterocycles. The molecule has 1 aliphatic rings. The first kappa shape index (κ1) is 23.9. The first-order valence-corrected chi connectivity index (χ1v) is 12.0. The second kappa shape index (κ2) is 10.4. The summed E-state index contributed by atoms with van der Waals surface area (Å²) in [6.07, 6.45) is 2.06. The molecule has 0 fully saturated rings. The number of rotatable bonds is 7. The van der Waals surface area contributed by atoms with E-state index in [1.807, 2.05) is 31.2 Å². The van der Waals surface area contributed by atoms with Gasteiger partial charge in [-0.3, -0.25) is 9.69 Å². The highest BCUT2D eigenvalue weighted by Gasteiger charge is 2.23. The molecular weight excluding hydrogens is 482 g/mol. The van der Waals surface area contributed by atoms with Crippen LogP contribution < -0.4 is 14.9 Å². The Balaban J connectivity index is 1.36. The SMILES string of the molecule is CCCOC(=O)c1ccc(Oc2coc3c4c(ccc3c2=O)OCN(Cc2ccc(Cl)cc2)C4)cc1. The summed E-state index contributed by atoms with van der Waals surface area (Å²) in [4.78, 5) is 27.3. The number of benzene rings is 3. The van der Waals surface area contributed by atoms with Crippen molar-refractivity contribution in [3.8, 4) is 17.2 Å². The molecule has 0 unspecified atom stereocenters. The number of carbonyl (C=O) groups excluding carboxylic acids is 1. The molecule has 0 amide bonds. The van der Waals surface area contributed by atoms with Crippen molar-refractivity contribution >= 4 is 28.5 Å². The molecule has 8 heteroatoms. The van der Waals surface area contributed by atoms with Gasteiger partial charge in [0.05, 0.1) is 23.1 Å². The maximum absolute atomic E-state index is 13.2. The lowest BCUT2D eigenvalue weighted by atomic mass is 10.1. The topological polar surface area (TPSA) is 78.2 Å². The van der Waals surface area contributed by atoms with Crippen LogP contribution in [0, 0.1) is 0 Å². The van der Waals surface area contributed by atoms with E-state index in [1.54, 1.807) is 36.4 Å². The van der Waals surface area contributed by atoms with Crippen LogP contribution in [0.25, 0.3) is 11.0 Å². The monoisotopic (exact) mass is 505 g/mol. The molecule has 0 spiro atoms. The maximum atomic E-state index is 13.2.